The minimum atomic E-state index is -0.0617. The average Bonchev–Trinajstić information content (AvgIpc) is 3.24. The van der Waals surface area contributed by atoms with Crippen LogP contribution in [0.25, 0.3) is 0 Å². The summed E-state index contributed by atoms with van der Waals surface area (Å²) in [6.45, 7) is 7.12. The van der Waals surface area contributed by atoms with Crippen molar-refractivity contribution in [2.75, 3.05) is 26.2 Å². The number of carbonyl (C=O) groups is 1. The van der Waals surface area contributed by atoms with Crippen molar-refractivity contribution >= 4 is 17.5 Å². The van der Waals surface area contributed by atoms with E-state index in [1.54, 1.807) is 17.1 Å². The van der Waals surface area contributed by atoms with Gasteiger partial charge in [-0.3, -0.25) is 9.48 Å². The van der Waals surface area contributed by atoms with Gasteiger partial charge in [-0.25, -0.2) is 0 Å². The van der Waals surface area contributed by atoms with Crippen LogP contribution in [0.15, 0.2) is 12.4 Å². The van der Waals surface area contributed by atoms with Crippen molar-refractivity contribution in [2.24, 2.45) is 5.92 Å². The molecule has 1 aromatic heterocycles. The Morgan fingerprint density at radius 1 is 1.29 bits per heavy atom. The van der Waals surface area contributed by atoms with Gasteiger partial charge in [0, 0.05) is 25.3 Å². The summed E-state index contributed by atoms with van der Waals surface area (Å²) in [6, 6.07) is 0.413. The third-order valence-corrected chi connectivity index (χ3v) is 5.57. The molecule has 0 saturated carbocycles. The quantitative estimate of drug-likeness (QED) is 0.790. The first kappa shape index (κ1) is 17.7. The highest BCUT2D eigenvalue weighted by Crippen LogP contribution is 2.23. The molecule has 0 bridgehead atoms. The molecule has 134 valence electrons. The van der Waals surface area contributed by atoms with Crippen molar-refractivity contribution in [1.29, 1.82) is 0 Å². The molecule has 2 aliphatic heterocycles. The number of aromatic nitrogens is 2. The number of hydrogen-bond acceptors (Lipinski definition) is 3. The van der Waals surface area contributed by atoms with Crippen molar-refractivity contribution < 1.29 is 4.79 Å². The molecule has 0 aliphatic carbocycles. The molecule has 5 nitrogen and oxygen atoms in total. The normalized spacial score (nSPS) is 23.6. The molecule has 3 rings (SSSR count). The van der Waals surface area contributed by atoms with E-state index in [1.165, 1.54) is 32.4 Å². The van der Waals surface area contributed by atoms with Gasteiger partial charge in [0.2, 0.25) is 5.91 Å². The molecule has 0 spiro atoms. The predicted molar refractivity (Wildman–Crippen MR) is 96.0 cm³/mol. The number of amides is 1. The maximum absolute atomic E-state index is 13.0. The van der Waals surface area contributed by atoms with Crippen molar-refractivity contribution in [3.05, 3.63) is 17.4 Å². The first-order valence-electron chi connectivity index (χ1n) is 9.34. The summed E-state index contributed by atoms with van der Waals surface area (Å²) in [5.41, 5.74) is 0. The van der Waals surface area contributed by atoms with Crippen LogP contribution in [0, 0.1) is 5.92 Å². The van der Waals surface area contributed by atoms with Gasteiger partial charge in [-0.05, 0) is 51.6 Å². The number of rotatable bonds is 6. The van der Waals surface area contributed by atoms with Gasteiger partial charge in [0.15, 0.2) is 0 Å². The van der Waals surface area contributed by atoms with Crippen molar-refractivity contribution in [2.45, 2.75) is 58.0 Å². The lowest BCUT2D eigenvalue weighted by Gasteiger charge is -2.38. The van der Waals surface area contributed by atoms with E-state index in [-0.39, 0.29) is 11.8 Å². The Bertz CT molecular complexity index is 541. The Morgan fingerprint density at radius 2 is 2.04 bits per heavy atom. The summed E-state index contributed by atoms with van der Waals surface area (Å²) in [4.78, 5) is 17.7. The topological polar surface area (TPSA) is 41.4 Å². The highest BCUT2D eigenvalue weighted by Gasteiger charge is 2.30. The molecule has 1 aromatic rings. The number of piperidine rings is 1. The summed E-state index contributed by atoms with van der Waals surface area (Å²) in [7, 11) is 0. The molecule has 0 aromatic carbocycles. The number of hydrogen-bond donors (Lipinski definition) is 0. The molecule has 2 saturated heterocycles. The smallest absolute Gasteiger partial charge is 0.227 e. The molecule has 2 atom stereocenters. The Kier molecular flexibility index (Phi) is 6.17. The van der Waals surface area contributed by atoms with Crippen LogP contribution < -0.4 is 0 Å². The minimum Gasteiger partial charge on any atom is -0.339 e. The van der Waals surface area contributed by atoms with Gasteiger partial charge in [0.05, 0.1) is 23.7 Å². The van der Waals surface area contributed by atoms with Crippen LogP contribution in [0.5, 0.6) is 0 Å². The van der Waals surface area contributed by atoms with Gasteiger partial charge in [-0.15, -0.1) is 0 Å². The molecule has 0 unspecified atom stereocenters. The largest absolute Gasteiger partial charge is 0.339 e. The van der Waals surface area contributed by atoms with Gasteiger partial charge < -0.3 is 9.80 Å². The van der Waals surface area contributed by atoms with Crippen LogP contribution in [0.3, 0.4) is 0 Å². The molecule has 1 amide bonds. The average molecular weight is 353 g/mol. The van der Waals surface area contributed by atoms with E-state index in [0.717, 1.165) is 32.4 Å². The van der Waals surface area contributed by atoms with Gasteiger partial charge in [-0.1, -0.05) is 18.5 Å². The highest BCUT2D eigenvalue weighted by molar-refractivity contribution is 6.30. The van der Waals surface area contributed by atoms with Gasteiger partial charge in [0.25, 0.3) is 0 Å². The van der Waals surface area contributed by atoms with Gasteiger partial charge in [-0.2, -0.15) is 5.10 Å². The summed E-state index contributed by atoms with van der Waals surface area (Å²) in [6.07, 6.45) is 10.7. The van der Waals surface area contributed by atoms with Crippen LogP contribution in [-0.2, 0) is 11.3 Å². The Balaban J connectivity index is 1.55. The summed E-state index contributed by atoms with van der Waals surface area (Å²) in [5, 5.41) is 4.82. The first-order valence-corrected chi connectivity index (χ1v) is 9.72. The highest BCUT2D eigenvalue weighted by atomic mass is 35.5. The number of halogens is 1. The van der Waals surface area contributed by atoms with Crippen molar-refractivity contribution in [3.63, 3.8) is 0 Å². The van der Waals surface area contributed by atoms with Crippen LogP contribution in [-0.4, -0.2) is 57.7 Å². The van der Waals surface area contributed by atoms with Crippen molar-refractivity contribution in [3.8, 4) is 0 Å². The van der Waals surface area contributed by atoms with E-state index in [1.807, 2.05) is 6.92 Å². The van der Waals surface area contributed by atoms with Crippen LogP contribution >= 0.6 is 11.6 Å². The fourth-order valence-electron chi connectivity index (χ4n) is 4.01. The second-order valence-corrected chi connectivity index (χ2v) is 7.74. The Morgan fingerprint density at radius 3 is 2.75 bits per heavy atom. The molecular formula is C18H29ClN4O. The van der Waals surface area contributed by atoms with E-state index >= 15 is 0 Å². The molecule has 6 heteroatoms. The first-order chi connectivity index (χ1) is 11.6. The fourth-order valence-corrected chi connectivity index (χ4v) is 4.16. The SMILES string of the molecule is C[C@@H](Cn1cc(Cl)cn1)C(=O)N1CCCC[C@@H]1CCN1CCCC1. The second kappa shape index (κ2) is 8.34. The van der Waals surface area contributed by atoms with Crippen molar-refractivity contribution in [1.82, 2.24) is 19.6 Å². The maximum Gasteiger partial charge on any atom is 0.227 e. The Labute approximate surface area is 149 Å². The number of nitrogens with zero attached hydrogens (tertiary/aromatic N) is 4. The summed E-state index contributed by atoms with van der Waals surface area (Å²) >= 11 is 5.92. The minimum absolute atomic E-state index is 0.0617. The zero-order chi connectivity index (χ0) is 16.9. The number of likely N-dealkylation sites (tertiary alicyclic amines) is 2. The third-order valence-electron chi connectivity index (χ3n) is 5.37. The monoisotopic (exact) mass is 352 g/mol. The lowest BCUT2D eigenvalue weighted by atomic mass is 9.97. The lowest BCUT2D eigenvalue weighted by molar-refractivity contribution is -0.139. The summed E-state index contributed by atoms with van der Waals surface area (Å²) in [5.74, 6) is 0.209. The van der Waals surface area contributed by atoms with Crippen LogP contribution in [0.1, 0.15) is 45.4 Å². The molecule has 0 radical (unpaired) electrons. The Hall–Kier alpha value is -1.07. The zero-order valence-electron chi connectivity index (χ0n) is 14.7. The lowest BCUT2D eigenvalue weighted by Crippen LogP contribution is -2.47. The van der Waals surface area contributed by atoms with E-state index in [4.69, 9.17) is 11.6 Å². The molecule has 24 heavy (non-hydrogen) atoms. The summed E-state index contributed by atoms with van der Waals surface area (Å²) < 4.78 is 1.77. The van der Waals surface area contributed by atoms with Gasteiger partial charge in [0.1, 0.15) is 0 Å². The third kappa shape index (κ3) is 4.51. The maximum atomic E-state index is 13.0. The standard InChI is InChI=1S/C18H29ClN4O/c1-15(13-22-14-16(19)12-20-22)18(24)23-10-3-2-6-17(23)7-11-21-8-4-5-9-21/h12,14-15,17H,2-11,13H2,1H3/t15-,17+/m0/s1. The van der Waals surface area contributed by atoms with E-state index in [2.05, 4.69) is 14.9 Å². The van der Waals surface area contributed by atoms with Crippen LogP contribution in [0.2, 0.25) is 5.02 Å². The van der Waals surface area contributed by atoms with E-state index in [9.17, 15) is 4.79 Å². The molecular weight excluding hydrogens is 324 g/mol. The molecule has 0 N–H and O–H groups in total. The fraction of sp³-hybridized carbons (Fsp3) is 0.778. The molecule has 3 heterocycles. The van der Waals surface area contributed by atoms with Crippen LogP contribution in [0.4, 0.5) is 0 Å². The predicted octanol–water partition coefficient (Wildman–Crippen LogP) is 3.04. The number of carbonyl (C=O) groups excluding carboxylic acids is 1. The van der Waals surface area contributed by atoms with E-state index in [0.29, 0.717) is 17.6 Å². The molecule has 2 fully saturated rings. The zero-order valence-corrected chi connectivity index (χ0v) is 15.4. The van der Waals surface area contributed by atoms with Gasteiger partial charge >= 0.3 is 0 Å². The van der Waals surface area contributed by atoms with E-state index < -0.39 is 0 Å². The molecule has 2 aliphatic rings. The second-order valence-electron chi connectivity index (χ2n) is 7.30.